The highest BCUT2D eigenvalue weighted by Crippen LogP contribution is 1.93. The van der Waals surface area contributed by atoms with Gasteiger partial charge in [-0.05, 0) is 6.42 Å². The summed E-state index contributed by atoms with van der Waals surface area (Å²) in [7, 11) is 0. The molecule has 0 saturated heterocycles. The van der Waals surface area contributed by atoms with E-state index in [9.17, 15) is 4.79 Å². The molecule has 0 amide bonds. The molecule has 0 heterocycles. The van der Waals surface area contributed by atoms with Crippen LogP contribution in [0, 0.1) is 0 Å². The van der Waals surface area contributed by atoms with Crippen LogP contribution in [-0.4, -0.2) is 12.2 Å². The fraction of sp³-hybridized carbons (Fsp3) is 0.400. The van der Waals surface area contributed by atoms with Crippen LogP contribution in [0.25, 0.3) is 0 Å². The number of halogens is 1. The fourth-order valence-corrected chi connectivity index (χ4v) is 0.151. The molecule has 2 nitrogen and oxygen atoms in total. The lowest BCUT2D eigenvalue weighted by Crippen LogP contribution is -1.95. The smallest absolute Gasteiger partial charge is 0.330 e. The van der Waals surface area contributed by atoms with Crippen LogP contribution < -0.4 is 0 Å². The minimum absolute atomic E-state index is 0.264. The average molecular weight is 138 g/mol. The summed E-state index contributed by atoms with van der Waals surface area (Å²) >= 11 is 3.89. The van der Waals surface area contributed by atoms with E-state index in [1.165, 1.54) is 0 Å². The van der Waals surface area contributed by atoms with E-state index in [0.29, 0.717) is 6.42 Å². The number of hydrogen-bond donors (Lipinski definition) is 1. The number of carboxylic acid groups (broad SMARTS) is 1. The lowest BCUT2D eigenvalue weighted by molar-refractivity contribution is -0.132. The van der Waals surface area contributed by atoms with Gasteiger partial charge in [-0.1, -0.05) is 13.5 Å². The Morgan fingerprint density at radius 1 is 2.00 bits per heavy atom. The van der Waals surface area contributed by atoms with Gasteiger partial charge < -0.3 is 5.11 Å². The lowest BCUT2D eigenvalue weighted by atomic mass is 10.2. The SMILES string of the molecule is C=C(CC)C(=O)O.[2H]Cl. The fourth-order valence-electron chi connectivity index (χ4n) is 0.151. The molecule has 0 aromatic heterocycles. The Hall–Kier alpha value is -0.500. The molecule has 1 N–H and O–H groups in total. The van der Waals surface area contributed by atoms with Crippen LogP contribution in [-0.2, 0) is 4.79 Å². The van der Waals surface area contributed by atoms with Gasteiger partial charge in [-0.15, -0.1) is 12.3 Å². The molecule has 3 heteroatoms. The third-order valence-electron chi connectivity index (χ3n) is 0.729. The molecular formula is C5H9ClO2. The van der Waals surface area contributed by atoms with E-state index in [-0.39, 0.29) is 5.57 Å². The Kier molecular flexibility index (Phi) is 4.36. The molecule has 0 saturated carbocycles. The van der Waals surface area contributed by atoms with Crippen molar-refractivity contribution in [1.29, 1.82) is 1.17 Å². The van der Waals surface area contributed by atoms with Crippen molar-refractivity contribution in [2.45, 2.75) is 13.3 Å². The van der Waals surface area contributed by atoms with Crippen LogP contribution in [0.4, 0.5) is 0 Å². The molecular weight excluding hydrogens is 128 g/mol. The largest absolute Gasteiger partial charge is 0.478 e. The molecule has 0 bridgehead atoms. The molecule has 8 heavy (non-hydrogen) atoms. The first-order chi connectivity index (χ1) is 4.18. The van der Waals surface area contributed by atoms with Crippen LogP contribution in [0.2, 0.25) is 0 Å². The molecule has 0 radical (unpaired) electrons. The van der Waals surface area contributed by atoms with Crippen molar-refractivity contribution in [1.82, 2.24) is 0 Å². The standard InChI is InChI=1S/C5H8O2.ClH/c1-3-4(2)5(6)7;/h2-3H2,1H3,(H,6,7);1H/i/hD. The Morgan fingerprint density at radius 2 is 2.38 bits per heavy atom. The first-order valence-electron chi connectivity index (χ1n) is 2.47. The summed E-state index contributed by atoms with van der Waals surface area (Å²) in [5.41, 5.74) is 0.264. The molecule has 0 aliphatic heterocycles. The molecule has 48 valence electrons. The lowest BCUT2D eigenvalue weighted by Gasteiger charge is -1.87. The van der Waals surface area contributed by atoms with Crippen LogP contribution in [0.1, 0.15) is 13.3 Å². The van der Waals surface area contributed by atoms with Crippen molar-refractivity contribution in [3.63, 3.8) is 0 Å². The van der Waals surface area contributed by atoms with Crippen molar-refractivity contribution in [2.24, 2.45) is 0 Å². The van der Waals surface area contributed by atoms with Crippen molar-refractivity contribution >= 4 is 18.3 Å². The van der Waals surface area contributed by atoms with E-state index in [1.54, 1.807) is 6.92 Å². The minimum Gasteiger partial charge on any atom is -0.478 e. The van der Waals surface area contributed by atoms with Gasteiger partial charge in [0.15, 0.2) is 0 Å². The third kappa shape index (κ3) is 3.68. The summed E-state index contributed by atoms with van der Waals surface area (Å²) in [5, 5.41) is 8.08. The van der Waals surface area contributed by atoms with Crippen LogP contribution in [0.15, 0.2) is 12.2 Å². The van der Waals surface area contributed by atoms with Gasteiger partial charge in [-0.25, -0.2) is 4.79 Å². The zero-order chi connectivity index (χ0) is 7.86. The summed E-state index contributed by atoms with van der Waals surface area (Å²) in [6.45, 7) is 5.03. The first kappa shape index (κ1) is 7.50. The summed E-state index contributed by atoms with van der Waals surface area (Å²) in [6, 6.07) is 0. The van der Waals surface area contributed by atoms with Gasteiger partial charge in [-0.3, -0.25) is 0 Å². The van der Waals surface area contributed by atoms with Crippen molar-refractivity contribution < 1.29 is 9.90 Å². The van der Waals surface area contributed by atoms with Gasteiger partial charge in [0.25, 0.3) is 0 Å². The normalized spacial score (nSPS) is 8.00. The second-order valence-electron chi connectivity index (χ2n) is 1.26. The van der Waals surface area contributed by atoms with Crippen LogP contribution >= 0.6 is 12.3 Å². The maximum Gasteiger partial charge on any atom is 0.330 e. The summed E-state index contributed by atoms with van der Waals surface area (Å²) in [4.78, 5) is 9.83. The van der Waals surface area contributed by atoms with Gasteiger partial charge in [0.1, 0.15) is 1.17 Å². The number of carbonyl (C=O) groups is 1. The van der Waals surface area contributed by atoms with Crippen molar-refractivity contribution in [3.05, 3.63) is 12.2 Å². The van der Waals surface area contributed by atoms with E-state index in [2.05, 4.69) is 18.9 Å². The first-order valence-corrected chi connectivity index (χ1v) is 2.09. The maximum absolute atomic E-state index is 9.83. The van der Waals surface area contributed by atoms with Gasteiger partial charge >= 0.3 is 5.97 Å². The zero-order valence-corrected chi connectivity index (χ0v) is 5.40. The van der Waals surface area contributed by atoms with Crippen LogP contribution in [0.5, 0.6) is 0 Å². The molecule has 0 spiro atoms. The molecule has 0 aromatic carbocycles. The van der Waals surface area contributed by atoms with E-state index in [0.717, 1.165) is 0 Å². The van der Waals surface area contributed by atoms with Gasteiger partial charge in [0.05, 0.1) is 0 Å². The highest BCUT2D eigenvalue weighted by atomic mass is 35.5. The van der Waals surface area contributed by atoms with Crippen molar-refractivity contribution in [3.8, 4) is 0 Å². The minimum atomic E-state index is -0.900. The second-order valence-corrected chi connectivity index (χ2v) is 1.26. The predicted octanol–water partition coefficient (Wildman–Crippen LogP) is 1.46. The molecule has 0 aliphatic carbocycles. The molecule has 0 aromatic rings. The Bertz CT molecular complexity index is 103. The van der Waals surface area contributed by atoms with Crippen molar-refractivity contribution in [2.75, 3.05) is 0 Å². The summed E-state index contributed by atoms with van der Waals surface area (Å²) < 4.78 is 5.22. The molecule has 0 fully saturated rings. The molecule has 0 aliphatic rings. The Morgan fingerprint density at radius 3 is 2.38 bits per heavy atom. The quantitative estimate of drug-likeness (QED) is 0.585. The monoisotopic (exact) mass is 137 g/mol. The highest BCUT2D eigenvalue weighted by Gasteiger charge is 1.96. The number of carboxylic acids is 1. The van der Waals surface area contributed by atoms with Crippen LogP contribution in [0.3, 0.4) is 0 Å². The number of hydrogen-bond acceptors (Lipinski definition) is 1. The summed E-state index contributed by atoms with van der Waals surface area (Å²) in [5.74, 6) is -0.900. The summed E-state index contributed by atoms with van der Waals surface area (Å²) in [6.07, 6.45) is 0.523. The zero-order valence-electron chi connectivity index (χ0n) is 5.65. The van der Waals surface area contributed by atoms with Gasteiger partial charge in [-0.2, -0.15) is 0 Å². The van der Waals surface area contributed by atoms with E-state index >= 15 is 0 Å². The van der Waals surface area contributed by atoms with Gasteiger partial charge in [0.2, 0.25) is 0 Å². The molecule has 0 rings (SSSR count). The average Bonchev–Trinajstić information content (AvgIpc) is 1.91. The third-order valence-corrected chi connectivity index (χ3v) is 0.729. The van der Waals surface area contributed by atoms with Gasteiger partial charge in [0, 0.05) is 5.57 Å². The number of rotatable bonds is 2. The number of aliphatic carboxylic acids is 1. The Labute approximate surface area is 55.8 Å². The van der Waals surface area contributed by atoms with E-state index in [4.69, 9.17) is 6.28 Å². The Balaban J connectivity index is 0. The highest BCUT2D eigenvalue weighted by molar-refractivity contribution is 5.85. The van der Waals surface area contributed by atoms with E-state index in [1.807, 2.05) is 0 Å². The van der Waals surface area contributed by atoms with E-state index < -0.39 is 5.97 Å². The second kappa shape index (κ2) is 4.65. The predicted molar refractivity (Wildman–Crippen MR) is 34.3 cm³/mol. The maximum atomic E-state index is 9.83. The molecule has 0 atom stereocenters. The topological polar surface area (TPSA) is 37.3 Å². The molecule has 0 unspecified atom stereocenters.